The zero-order valence-corrected chi connectivity index (χ0v) is 13.5. The molecular formula is C16H22N2OS. The number of nitriles is 1. The average Bonchev–Trinajstić information content (AvgIpc) is 2.73. The summed E-state index contributed by atoms with van der Waals surface area (Å²) in [6, 6.07) is 2.28. The zero-order valence-electron chi connectivity index (χ0n) is 12.7. The van der Waals surface area contributed by atoms with E-state index in [4.69, 9.17) is 0 Å². The number of fused-ring (bicyclic) bond motifs is 1. The number of nitrogens with one attached hydrogen (secondary N) is 1. The fourth-order valence-electron chi connectivity index (χ4n) is 2.75. The maximum Gasteiger partial charge on any atom is 0.224 e. The number of thiophene rings is 1. The van der Waals surface area contributed by atoms with Gasteiger partial charge in [0, 0.05) is 11.3 Å². The molecule has 20 heavy (non-hydrogen) atoms. The second-order valence-corrected chi connectivity index (χ2v) is 7.63. The number of hydrogen-bond donors (Lipinski definition) is 1. The summed E-state index contributed by atoms with van der Waals surface area (Å²) in [5, 5.41) is 13.0. The minimum atomic E-state index is -0.0209. The van der Waals surface area contributed by atoms with E-state index in [-0.39, 0.29) is 5.91 Å². The van der Waals surface area contributed by atoms with Crippen LogP contribution in [0.3, 0.4) is 0 Å². The highest BCUT2D eigenvalue weighted by Crippen LogP contribution is 2.43. The third-order valence-electron chi connectivity index (χ3n) is 4.18. The predicted octanol–water partition coefficient (Wildman–Crippen LogP) is 4.12. The molecule has 1 aromatic rings. The van der Waals surface area contributed by atoms with Gasteiger partial charge in [0.05, 0.1) is 5.56 Å². The van der Waals surface area contributed by atoms with Gasteiger partial charge < -0.3 is 5.32 Å². The highest BCUT2D eigenvalue weighted by Gasteiger charge is 2.32. The fourth-order valence-corrected chi connectivity index (χ4v) is 4.04. The third kappa shape index (κ3) is 2.88. The molecule has 2 rings (SSSR count). The van der Waals surface area contributed by atoms with Crippen molar-refractivity contribution < 1.29 is 4.79 Å². The zero-order chi connectivity index (χ0) is 14.9. The molecule has 1 amide bonds. The second-order valence-electron chi connectivity index (χ2n) is 6.53. The molecule has 1 heterocycles. The van der Waals surface area contributed by atoms with Gasteiger partial charge in [0.2, 0.25) is 5.91 Å². The fraction of sp³-hybridized carbons (Fsp3) is 0.625. The highest BCUT2D eigenvalue weighted by molar-refractivity contribution is 7.16. The van der Waals surface area contributed by atoms with Crippen molar-refractivity contribution in [3.63, 3.8) is 0 Å². The molecule has 0 saturated carbocycles. The number of amides is 1. The van der Waals surface area contributed by atoms with Crippen LogP contribution in [0.2, 0.25) is 0 Å². The number of rotatable bonds is 2. The summed E-state index contributed by atoms with van der Waals surface area (Å²) in [7, 11) is 0. The molecule has 0 aliphatic heterocycles. The smallest absolute Gasteiger partial charge is 0.224 e. The van der Waals surface area contributed by atoms with E-state index in [1.54, 1.807) is 11.3 Å². The molecule has 0 aromatic carbocycles. The first-order chi connectivity index (χ1) is 9.36. The van der Waals surface area contributed by atoms with Crippen molar-refractivity contribution in [3.05, 3.63) is 16.0 Å². The molecule has 1 atom stereocenters. The lowest BCUT2D eigenvalue weighted by atomic mass is 9.72. The van der Waals surface area contributed by atoms with Gasteiger partial charge in [-0.15, -0.1) is 11.3 Å². The minimum absolute atomic E-state index is 0.0209. The molecule has 0 spiro atoms. The van der Waals surface area contributed by atoms with Gasteiger partial charge in [-0.3, -0.25) is 4.79 Å². The topological polar surface area (TPSA) is 52.9 Å². The van der Waals surface area contributed by atoms with Crippen LogP contribution < -0.4 is 5.32 Å². The van der Waals surface area contributed by atoms with Gasteiger partial charge in [0.1, 0.15) is 11.1 Å². The summed E-state index contributed by atoms with van der Waals surface area (Å²) < 4.78 is 0. The van der Waals surface area contributed by atoms with E-state index in [0.717, 1.165) is 24.3 Å². The van der Waals surface area contributed by atoms with Gasteiger partial charge >= 0.3 is 0 Å². The molecule has 0 radical (unpaired) electrons. The van der Waals surface area contributed by atoms with Crippen molar-refractivity contribution in [2.24, 2.45) is 11.3 Å². The van der Waals surface area contributed by atoms with Crippen LogP contribution >= 0.6 is 11.3 Å². The molecule has 1 aromatic heterocycles. The van der Waals surface area contributed by atoms with Crippen molar-refractivity contribution in [3.8, 4) is 6.07 Å². The van der Waals surface area contributed by atoms with Gasteiger partial charge in [-0.05, 0) is 36.2 Å². The summed E-state index contributed by atoms with van der Waals surface area (Å²) in [6.07, 6.45) is 3.56. The molecule has 0 saturated heterocycles. The predicted molar refractivity (Wildman–Crippen MR) is 82.9 cm³/mol. The molecule has 1 aliphatic carbocycles. The van der Waals surface area contributed by atoms with Crippen LogP contribution in [0.15, 0.2) is 0 Å². The van der Waals surface area contributed by atoms with E-state index in [1.165, 1.54) is 10.4 Å². The lowest BCUT2D eigenvalue weighted by molar-refractivity contribution is -0.115. The van der Waals surface area contributed by atoms with Gasteiger partial charge in [-0.2, -0.15) is 5.26 Å². The summed E-state index contributed by atoms with van der Waals surface area (Å²) in [5.41, 5.74) is 2.16. The average molecular weight is 290 g/mol. The summed E-state index contributed by atoms with van der Waals surface area (Å²) in [4.78, 5) is 12.9. The minimum Gasteiger partial charge on any atom is -0.317 e. The number of carbonyl (C=O) groups excluding carboxylic acids is 1. The van der Waals surface area contributed by atoms with Crippen LogP contribution in [0, 0.1) is 22.7 Å². The molecule has 1 N–H and O–H groups in total. The van der Waals surface area contributed by atoms with E-state index in [1.807, 2.05) is 6.92 Å². The van der Waals surface area contributed by atoms with E-state index in [9.17, 15) is 10.1 Å². The number of hydrogen-bond acceptors (Lipinski definition) is 3. The van der Waals surface area contributed by atoms with Gasteiger partial charge in [-0.25, -0.2) is 0 Å². The Bertz CT molecular complexity index is 560. The lowest BCUT2D eigenvalue weighted by Crippen LogP contribution is -2.26. The van der Waals surface area contributed by atoms with Crippen molar-refractivity contribution in [1.29, 1.82) is 5.26 Å². The van der Waals surface area contributed by atoms with E-state index in [2.05, 4.69) is 32.2 Å². The van der Waals surface area contributed by atoms with Crippen LogP contribution in [0.5, 0.6) is 0 Å². The number of nitrogens with zero attached hydrogens (tertiary/aromatic N) is 1. The second kappa shape index (κ2) is 5.57. The normalized spacial score (nSPS) is 18.2. The molecule has 0 unspecified atom stereocenters. The summed E-state index contributed by atoms with van der Waals surface area (Å²) in [5.74, 6) is 0.627. The first-order valence-corrected chi connectivity index (χ1v) is 8.03. The Hall–Kier alpha value is -1.34. The lowest BCUT2D eigenvalue weighted by Gasteiger charge is -2.33. The van der Waals surface area contributed by atoms with E-state index < -0.39 is 0 Å². The molecule has 3 nitrogen and oxygen atoms in total. The Kier molecular flexibility index (Phi) is 4.19. The molecular weight excluding hydrogens is 268 g/mol. The molecule has 1 aliphatic rings. The van der Waals surface area contributed by atoms with Crippen molar-refractivity contribution in [2.75, 3.05) is 5.32 Å². The van der Waals surface area contributed by atoms with Gasteiger partial charge in [0.25, 0.3) is 0 Å². The molecule has 0 fully saturated rings. The molecule has 108 valence electrons. The monoisotopic (exact) mass is 290 g/mol. The maximum atomic E-state index is 11.6. The Balaban J connectivity index is 2.31. The van der Waals surface area contributed by atoms with Crippen LogP contribution in [0.4, 0.5) is 5.00 Å². The first-order valence-electron chi connectivity index (χ1n) is 7.21. The van der Waals surface area contributed by atoms with E-state index in [0.29, 0.717) is 23.3 Å². The van der Waals surface area contributed by atoms with Gasteiger partial charge in [-0.1, -0.05) is 27.7 Å². The molecule has 4 heteroatoms. The Morgan fingerprint density at radius 2 is 2.20 bits per heavy atom. The Labute approximate surface area is 125 Å². The summed E-state index contributed by atoms with van der Waals surface area (Å²) >= 11 is 1.60. The van der Waals surface area contributed by atoms with Crippen LogP contribution in [-0.4, -0.2) is 5.91 Å². The van der Waals surface area contributed by atoms with Crippen LogP contribution in [-0.2, 0) is 17.6 Å². The Morgan fingerprint density at radius 3 is 2.75 bits per heavy atom. The standard InChI is InChI=1S/C16H22N2OS/c1-5-14(19)18-15-12(9-17)11-7-6-10(16(2,3)4)8-13(11)20-15/h10H,5-8H2,1-4H3,(H,18,19)/t10-/m1/s1. The van der Waals surface area contributed by atoms with Crippen LogP contribution in [0.25, 0.3) is 0 Å². The number of carbonyl (C=O) groups is 1. The first kappa shape index (κ1) is 15.1. The van der Waals surface area contributed by atoms with Crippen LogP contribution in [0.1, 0.15) is 56.5 Å². The largest absolute Gasteiger partial charge is 0.317 e. The van der Waals surface area contributed by atoms with Crippen molar-refractivity contribution >= 4 is 22.2 Å². The summed E-state index contributed by atoms with van der Waals surface area (Å²) in [6.45, 7) is 8.66. The van der Waals surface area contributed by atoms with E-state index >= 15 is 0 Å². The Morgan fingerprint density at radius 1 is 1.50 bits per heavy atom. The number of anilines is 1. The highest BCUT2D eigenvalue weighted by atomic mass is 32.1. The quantitative estimate of drug-likeness (QED) is 0.890. The third-order valence-corrected chi connectivity index (χ3v) is 5.35. The maximum absolute atomic E-state index is 11.6. The van der Waals surface area contributed by atoms with Crippen molar-refractivity contribution in [1.82, 2.24) is 0 Å². The van der Waals surface area contributed by atoms with Crippen molar-refractivity contribution in [2.45, 2.75) is 53.4 Å². The SMILES string of the molecule is CCC(=O)Nc1sc2c(c1C#N)CC[C@@H](C(C)(C)C)C2. The molecule has 0 bridgehead atoms. The van der Waals surface area contributed by atoms with Gasteiger partial charge in [0.15, 0.2) is 0 Å².